The van der Waals surface area contributed by atoms with Crippen LogP contribution in [0.4, 0.5) is 8.78 Å². The molecule has 0 fully saturated rings. The molecule has 6 heteroatoms. The van der Waals surface area contributed by atoms with Gasteiger partial charge in [-0.15, -0.1) is 0 Å². The summed E-state index contributed by atoms with van der Waals surface area (Å²) < 4.78 is 50.2. The maximum atomic E-state index is 13.4. The van der Waals surface area contributed by atoms with E-state index < -0.39 is 31.8 Å². The van der Waals surface area contributed by atoms with E-state index in [2.05, 4.69) is 15.9 Å². The molecule has 0 aromatic heterocycles. The van der Waals surface area contributed by atoms with Crippen LogP contribution in [0.25, 0.3) is 0 Å². The van der Waals surface area contributed by atoms with Crippen molar-refractivity contribution in [2.75, 3.05) is 11.1 Å². The highest BCUT2D eigenvalue weighted by Gasteiger charge is 2.29. The molecule has 0 saturated carbocycles. The predicted molar refractivity (Wildman–Crippen MR) is 66.0 cm³/mol. The second-order valence-corrected chi connectivity index (χ2v) is 7.15. The van der Waals surface area contributed by atoms with Crippen molar-refractivity contribution in [3.8, 4) is 0 Å². The second kappa shape index (κ2) is 5.02. The van der Waals surface area contributed by atoms with Crippen LogP contribution in [-0.4, -0.2) is 19.5 Å². The third-order valence-corrected chi connectivity index (χ3v) is 5.83. The Hall–Kier alpha value is -0.490. The lowest BCUT2D eigenvalue weighted by atomic mass is 10.0. The zero-order valence-corrected chi connectivity index (χ0v) is 11.9. The summed E-state index contributed by atoms with van der Waals surface area (Å²) in [6.45, 7) is 3.47. The molecule has 0 spiro atoms. The van der Waals surface area contributed by atoms with E-state index in [4.69, 9.17) is 0 Å². The van der Waals surface area contributed by atoms with Gasteiger partial charge in [-0.25, -0.2) is 17.2 Å². The van der Waals surface area contributed by atoms with Crippen LogP contribution in [0.5, 0.6) is 0 Å². The SMILES string of the molecule is CC(C)(CBr)CS(=O)(=O)c1cc(F)ccc1F. The summed E-state index contributed by atoms with van der Waals surface area (Å²) in [7, 11) is -3.83. The van der Waals surface area contributed by atoms with Crippen molar-refractivity contribution in [2.24, 2.45) is 5.41 Å². The molecule has 0 atom stereocenters. The van der Waals surface area contributed by atoms with Crippen molar-refractivity contribution in [1.29, 1.82) is 0 Å². The summed E-state index contributed by atoms with van der Waals surface area (Å²) >= 11 is 3.20. The minimum Gasteiger partial charge on any atom is -0.224 e. The zero-order valence-electron chi connectivity index (χ0n) is 9.50. The molecular formula is C11H13BrF2O2S. The summed E-state index contributed by atoms with van der Waals surface area (Å²) in [4.78, 5) is -0.577. The maximum absolute atomic E-state index is 13.4. The van der Waals surface area contributed by atoms with E-state index in [1.165, 1.54) is 0 Å². The molecule has 0 bridgehead atoms. The Morgan fingerprint density at radius 1 is 1.29 bits per heavy atom. The first-order valence-corrected chi connectivity index (χ1v) is 7.69. The molecule has 1 aromatic rings. The Labute approximate surface area is 108 Å². The molecule has 1 aromatic carbocycles. The van der Waals surface area contributed by atoms with Crippen molar-refractivity contribution in [1.82, 2.24) is 0 Å². The molecule has 0 heterocycles. The zero-order chi connectivity index (χ0) is 13.3. The fraction of sp³-hybridized carbons (Fsp3) is 0.455. The van der Waals surface area contributed by atoms with E-state index in [1.807, 2.05) is 0 Å². The molecule has 2 nitrogen and oxygen atoms in total. The normalized spacial score (nSPS) is 12.8. The average Bonchev–Trinajstić information content (AvgIpc) is 2.20. The van der Waals surface area contributed by atoms with Gasteiger partial charge in [0.1, 0.15) is 16.5 Å². The fourth-order valence-electron chi connectivity index (χ4n) is 1.35. The smallest absolute Gasteiger partial charge is 0.181 e. The van der Waals surface area contributed by atoms with Gasteiger partial charge < -0.3 is 0 Å². The van der Waals surface area contributed by atoms with Gasteiger partial charge in [-0.3, -0.25) is 0 Å². The van der Waals surface area contributed by atoms with Crippen LogP contribution >= 0.6 is 15.9 Å². The van der Waals surface area contributed by atoms with Gasteiger partial charge >= 0.3 is 0 Å². The number of alkyl halides is 1. The topological polar surface area (TPSA) is 34.1 Å². The van der Waals surface area contributed by atoms with Crippen LogP contribution in [0.3, 0.4) is 0 Å². The fourth-order valence-corrected chi connectivity index (χ4v) is 3.75. The minimum atomic E-state index is -3.83. The molecule has 96 valence electrons. The Morgan fingerprint density at radius 3 is 2.41 bits per heavy atom. The number of benzene rings is 1. The maximum Gasteiger partial charge on any atom is 0.181 e. The summed E-state index contributed by atoms with van der Waals surface area (Å²) in [5.74, 6) is -1.93. The van der Waals surface area contributed by atoms with E-state index in [9.17, 15) is 17.2 Å². The highest BCUT2D eigenvalue weighted by atomic mass is 79.9. The van der Waals surface area contributed by atoms with Gasteiger partial charge in [0.15, 0.2) is 9.84 Å². The molecule has 0 aliphatic carbocycles. The lowest BCUT2D eigenvalue weighted by Crippen LogP contribution is -2.26. The highest BCUT2D eigenvalue weighted by molar-refractivity contribution is 9.09. The van der Waals surface area contributed by atoms with Gasteiger partial charge in [0.25, 0.3) is 0 Å². The minimum absolute atomic E-state index is 0.244. The van der Waals surface area contributed by atoms with E-state index >= 15 is 0 Å². The van der Waals surface area contributed by atoms with Crippen molar-refractivity contribution >= 4 is 25.8 Å². The molecule has 0 amide bonds. The van der Waals surface area contributed by atoms with Crippen LogP contribution < -0.4 is 0 Å². The molecule has 17 heavy (non-hydrogen) atoms. The summed E-state index contributed by atoms with van der Waals surface area (Å²) in [5, 5.41) is 0.455. The van der Waals surface area contributed by atoms with E-state index in [-0.39, 0.29) is 5.75 Å². The Bertz CT molecular complexity index is 512. The molecule has 0 aliphatic heterocycles. The highest BCUT2D eigenvalue weighted by Crippen LogP contribution is 2.26. The number of sulfone groups is 1. The van der Waals surface area contributed by atoms with Gasteiger partial charge in [-0.1, -0.05) is 29.8 Å². The molecule has 1 rings (SSSR count). The van der Waals surface area contributed by atoms with Crippen LogP contribution in [-0.2, 0) is 9.84 Å². The Kier molecular flexibility index (Phi) is 4.30. The monoisotopic (exact) mass is 326 g/mol. The molecule has 0 unspecified atom stereocenters. The molecular weight excluding hydrogens is 314 g/mol. The van der Waals surface area contributed by atoms with E-state index in [0.29, 0.717) is 5.33 Å². The number of hydrogen-bond acceptors (Lipinski definition) is 2. The average molecular weight is 327 g/mol. The van der Waals surface area contributed by atoms with Crippen LogP contribution in [0.15, 0.2) is 23.1 Å². The summed E-state index contributed by atoms with van der Waals surface area (Å²) in [5.41, 5.74) is -0.544. The van der Waals surface area contributed by atoms with Gasteiger partial charge in [0.2, 0.25) is 0 Å². The first-order valence-electron chi connectivity index (χ1n) is 4.92. The van der Waals surface area contributed by atoms with Gasteiger partial charge in [-0.05, 0) is 23.6 Å². The lowest BCUT2D eigenvalue weighted by Gasteiger charge is -2.21. The first-order chi connectivity index (χ1) is 7.68. The standard InChI is InChI=1S/C11H13BrF2O2S/c1-11(2,6-12)7-17(15,16)10-5-8(13)3-4-9(10)14/h3-5H,6-7H2,1-2H3. The number of hydrogen-bond donors (Lipinski definition) is 0. The van der Waals surface area contributed by atoms with Crippen molar-refractivity contribution < 1.29 is 17.2 Å². The number of rotatable bonds is 4. The third kappa shape index (κ3) is 3.74. The quantitative estimate of drug-likeness (QED) is 0.796. The van der Waals surface area contributed by atoms with E-state index in [0.717, 1.165) is 18.2 Å². The van der Waals surface area contributed by atoms with Gasteiger partial charge in [0, 0.05) is 5.33 Å². The summed E-state index contributed by atoms with van der Waals surface area (Å²) in [6.07, 6.45) is 0. The molecule has 0 aliphatic rings. The van der Waals surface area contributed by atoms with Crippen LogP contribution in [0.2, 0.25) is 0 Å². The molecule has 0 radical (unpaired) electrons. The third-order valence-electron chi connectivity index (χ3n) is 2.17. The lowest BCUT2D eigenvalue weighted by molar-refractivity contribution is 0.471. The Morgan fingerprint density at radius 2 is 1.88 bits per heavy atom. The second-order valence-electron chi connectivity index (χ2n) is 4.63. The van der Waals surface area contributed by atoms with Crippen molar-refractivity contribution in [3.05, 3.63) is 29.8 Å². The van der Waals surface area contributed by atoms with Gasteiger partial charge in [-0.2, -0.15) is 0 Å². The molecule has 0 N–H and O–H groups in total. The van der Waals surface area contributed by atoms with Crippen LogP contribution in [0.1, 0.15) is 13.8 Å². The van der Waals surface area contributed by atoms with Crippen LogP contribution in [0, 0.1) is 17.0 Å². The molecule has 0 saturated heterocycles. The van der Waals surface area contributed by atoms with Crippen molar-refractivity contribution in [2.45, 2.75) is 18.7 Å². The predicted octanol–water partition coefficient (Wildman–Crippen LogP) is 3.16. The van der Waals surface area contributed by atoms with Crippen molar-refractivity contribution in [3.63, 3.8) is 0 Å². The largest absolute Gasteiger partial charge is 0.224 e. The van der Waals surface area contributed by atoms with Gasteiger partial charge in [0.05, 0.1) is 5.75 Å². The van der Waals surface area contributed by atoms with E-state index in [1.54, 1.807) is 13.8 Å². The first kappa shape index (κ1) is 14.6. The Balaban J connectivity index is 3.18. The summed E-state index contributed by atoms with van der Waals surface area (Å²) in [6, 6.07) is 2.43. The number of halogens is 3.